The van der Waals surface area contributed by atoms with Crippen molar-refractivity contribution < 1.29 is 9.47 Å². The highest BCUT2D eigenvalue weighted by Gasteiger charge is 2.17. The van der Waals surface area contributed by atoms with Crippen molar-refractivity contribution in [1.29, 1.82) is 0 Å². The minimum Gasteiger partial charge on any atom is -0.497 e. The summed E-state index contributed by atoms with van der Waals surface area (Å²) in [5.74, 6) is 1.44. The Bertz CT molecular complexity index is 1060. The maximum atomic E-state index is 5.65. The van der Waals surface area contributed by atoms with Crippen molar-refractivity contribution in [2.75, 3.05) is 19.1 Å². The van der Waals surface area contributed by atoms with E-state index < -0.39 is 0 Å². The minimum atomic E-state index is 0.597. The summed E-state index contributed by atoms with van der Waals surface area (Å²) in [6.07, 6.45) is 0. The molecule has 1 heterocycles. The Morgan fingerprint density at radius 3 is 2.36 bits per heavy atom. The number of para-hydroxylation sites is 1. The monoisotopic (exact) mass is 369 g/mol. The van der Waals surface area contributed by atoms with Gasteiger partial charge in [-0.15, -0.1) is 0 Å². The van der Waals surface area contributed by atoms with Gasteiger partial charge in [-0.3, -0.25) is 0 Å². The molecular formula is C24H21N2O2. The molecule has 1 radical (unpaired) electrons. The quantitative estimate of drug-likeness (QED) is 0.456. The molecule has 0 atom stereocenters. The summed E-state index contributed by atoms with van der Waals surface area (Å²) in [6.45, 7) is 0.671. The molecule has 0 saturated carbocycles. The van der Waals surface area contributed by atoms with Crippen molar-refractivity contribution >= 4 is 22.3 Å². The van der Waals surface area contributed by atoms with Crippen molar-refractivity contribution in [1.82, 2.24) is 4.98 Å². The molecule has 4 aromatic rings. The summed E-state index contributed by atoms with van der Waals surface area (Å²) in [7, 11) is 3.33. The molecule has 0 aliphatic heterocycles. The third-order valence-corrected chi connectivity index (χ3v) is 4.67. The SMILES string of the molecule is COc1ccc(CN(c2cc[c]cc2)c2cc3ccccc3nc2OC)cc1. The molecule has 1 aromatic heterocycles. The highest BCUT2D eigenvalue weighted by atomic mass is 16.5. The van der Waals surface area contributed by atoms with Crippen LogP contribution in [0.2, 0.25) is 0 Å². The summed E-state index contributed by atoms with van der Waals surface area (Å²) < 4.78 is 10.9. The fourth-order valence-corrected chi connectivity index (χ4v) is 3.22. The van der Waals surface area contributed by atoms with E-state index in [2.05, 4.69) is 35.2 Å². The Morgan fingerprint density at radius 2 is 1.64 bits per heavy atom. The van der Waals surface area contributed by atoms with E-state index in [1.807, 2.05) is 54.6 Å². The van der Waals surface area contributed by atoms with Gasteiger partial charge in [0.2, 0.25) is 5.88 Å². The molecule has 0 bridgehead atoms. The largest absolute Gasteiger partial charge is 0.497 e. The van der Waals surface area contributed by atoms with Crippen LogP contribution in [0.4, 0.5) is 11.4 Å². The van der Waals surface area contributed by atoms with Crippen LogP contribution in [0.25, 0.3) is 10.9 Å². The zero-order valence-corrected chi connectivity index (χ0v) is 15.9. The minimum absolute atomic E-state index is 0.597. The van der Waals surface area contributed by atoms with Gasteiger partial charge in [0.25, 0.3) is 0 Å². The number of methoxy groups -OCH3 is 2. The van der Waals surface area contributed by atoms with E-state index in [9.17, 15) is 0 Å². The van der Waals surface area contributed by atoms with E-state index in [0.29, 0.717) is 12.4 Å². The van der Waals surface area contributed by atoms with Gasteiger partial charge in [-0.2, -0.15) is 0 Å². The normalized spacial score (nSPS) is 10.6. The number of pyridine rings is 1. The maximum Gasteiger partial charge on any atom is 0.238 e. The second-order valence-corrected chi connectivity index (χ2v) is 6.40. The zero-order valence-electron chi connectivity index (χ0n) is 15.9. The fraction of sp³-hybridized carbons (Fsp3) is 0.125. The van der Waals surface area contributed by atoms with Crippen LogP contribution >= 0.6 is 0 Å². The van der Waals surface area contributed by atoms with Crippen LogP contribution in [0.1, 0.15) is 5.56 Å². The van der Waals surface area contributed by atoms with Gasteiger partial charge in [0.15, 0.2) is 0 Å². The zero-order chi connectivity index (χ0) is 19.3. The van der Waals surface area contributed by atoms with E-state index in [-0.39, 0.29) is 0 Å². The van der Waals surface area contributed by atoms with Gasteiger partial charge in [0.05, 0.1) is 19.7 Å². The third-order valence-electron chi connectivity index (χ3n) is 4.67. The summed E-state index contributed by atoms with van der Waals surface area (Å²) >= 11 is 0. The van der Waals surface area contributed by atoms with Crippen LogP contribution in [-0.2, 0) is 6.54 Å². The van der Waals surface area contributed by atoms with Crippen LogP contribution in [0.5, 0.6) is 11.6 Å². The van der Waals surface area contributed by atoms with Gasteiger partial charge in [0, 0.05) is 17.6 Å². The molecule has 4 rings (SSSR count). The lowest BCUT2D eigenvalue weighted by Crippen LogP contribution is -2.17. The first-order chi connectivity index (χ1) is 13.8. The van der Waals surface area contributed by atoms with E-state index in [4.69, 9.17) is 14.5 Å². The number of hydrogen-bond acceptors (Lipinski definition) is 4. The first-order valence-electron chi connectivity index (χ1n) is 9.09. The third kappa shape index (κ3) is 3.62. The van der Waals surface area contributed by atoms with Crippen LogP contribution in [0.15, 0.2) is 78.9 Å². The predicted octanol–water partition coefficient (Wildman–Crippen LogP) is 5.39. The van der Waals surface area contributed by atoms with Crippen molar-refractivity contribution in [3.05, 3.63) is 90.5 Å². The molecule has 3 aromatic carbocycles. The Kier molecular flexibility index (Phi) is 5.11. The number of ether oxygens (including phenoxy) is 2. The first kappa shape index (κ1) is 17.9. The lowest BCUT2D eigenvalue weighted by Gasteiger charge is -2.26. The number of rotatable bonds is 6. The second-order valence-electron chi connectivity index (χ2n) is 6.40. The van der Waals surface area contributed by atoms with Crippen molar-refractivity contribution in [2.45, 2.75) is 6.54 Å². The van der Waals surface area contributed by atoms with Gasteiger partial charge >= 0.3 is 0 Å². The summed E-state index contributed by atoms with van der Waals surface area (Å²) in [6, 6.07) is 29.3. The summed E-state index contributed by atoms with van der Waals surface area (Å²) in [5.41, 5.74) is 4.03. The van der Waals surface area contributed by atoms with Gasteiger partial charge < -0.3 is 14.4 Å². The molecule has 4 heteroatoms. The van der Waals surface area contributed by atoms with E-state index >= 15 is 0 Å². The Hall–Kier alpha value is -3.53. The number of hydrogen-bond donors (Lipinski definition) is 0. The van der Waals surface area contributed by atoms with Gasteiger partial charge in [-0.25, -0.2) is 4.98 Å². The van der Waals surface area contributed by atoms with Crippen molar-refractivity contribution in [3.63, 3.8) is 0 Å². The smallest absolute Gasteiger partial charge is 0.238 e. The van der Waals surface area contributed by atoms with Crippen molar-refractivity contribution in [3.8, 4) is 11.6 Å². The topological polar surface area (TPSA) is 34.6 Å². The van der Waals surface area contributed by atoms with Crippen LogP contribution in [0.3, 0.4) is 0 Å². The second kappa shape index (κ2) is 8.01. The van der Waals surface area contributed by atoms with Gasteiger partial charge in [0.1, 0.15) is 11.4 Å². The van der Waals surface area contributed by atoms with Crippen LogP contribution in [-0.4, -0.2) is 19.2 Å². The molecule has 0 N–H and O–H groups in total. The van der Waals surface area contributed by atoms with Gasteiger partial charge in [-0.05, 0) is 48.0 Å². The van der Waals surface area contributed by atoms with Gasteiger partial charge in [-0.1, -0.05) is 42.5 Å². The first-order valence-corrected chi connectivity index (χ1v) is 9.09. The van der Waals surface area contributed by atoms with E-state index in [0.717, 1.165) is 33.6 Å². The molecule has 4 nitrogen and oxygen atoms in total. The number of anilines is 2. The molecular weight excluding hydrogens is 348 g/mol. The Labute approximate surface area is 165 Å². The number of fused-ring (bicyclic) bond motifs is 1. The molecule has 0 unspecified atom stereocenters. The molecule has 0 fully saturated rings. The Balaban J connectivity index is 1.82. The lowest BCUT2D eigenvalue weighted by molar-refractivity contribution is 0.400. The molecule has 28 heavy (non-hydrogen) atoms. The lowest BCUT2D eigenvalue weighted by atomic mass is 10.1. The van der Waals surface area contributed by atoms with Crippen LogP contribution < -0.4 is 14.4 Å². The van der Waals surface area contributed by atoms with E-state index in [1.54, 1.807) is 14.2 Å². The van der Waals surface area contributed by atoms with Crippen LogP contribution in [0, 0.1) is 6.07 Å². The number of aromatic nitrogens is 1. The average Bonchev–Trinajstić information content (AvgIpc) is 2.77. The molecule has 139 valence electrons. The maximum absolute atomic E-state index is 5.65. The highest BCUT2D eigenvalue weighted by molar-refractivity contribution is 5.85. The predicted molar refractivity (Wildman–Crippen MR) is 112 cm³/mol. The molecule has 0 aliphatic carbocycles. The van der Waals surface area contributed by atoms with Crippen molar-refractivity contribution in [2.24, 2.45) is 0 Å². The summed E-state index contributed by atoms with van der Waals surface area (Å²) in [5, 5.41) is 1.07. The highest BCUT2D eigenvalue weighted by Crippen LogP contribution is 2.36. The number of nitrogens with zero attached hydrogens (tertiary/aromatic N) is 2. The Morgan fingerprint density at radius 1 is 0.893 bits per heavy atom. The fourth-order valence-electron chi connectivity index (χ4n) is 3.22. The average molecular weight is 369 g/mol. The standard InChI is InChI=1S/C24H21N2O2/c1-27-21-14-12-18(13-15-21)17-26(20-9-4-3-5-10-20)23-16-19-8-6-7-11-22(19)25-24(23)28-2/h4-16H,17H2,1-2H3. The molecule has 0 spiro atoms. The molecule has 0 saturated heterocycles. The summed E-state index contributed by atoms with van der Waals surface area (Å²) in [4.78, 5) is 6.92. The molecule has 0 aliphatic rings. The number of benzene rings is 3. The molecule has 0 amide bonds. The van der Waals surface area contributed by atoms with E-state index in [1.165, 1.54) is 0 Å².